The lowest BCUT2D eigenvalue weighted by Crippen LogP contribution is -2.24. The number of anilines is 1. The number of benzene rings is 1. The van der Waals surface area contributed by atoms with Gasteiger partial charge in [-0.2, -0.15) is 0 Å². The summed E-state index contributed by atoms with van der Waals surface area (Å²) in [5.74, 6) is 0.0377. The van der Waals surface area contributed by atoms with Crippen molar-refractivity contribution in [3.8, 4) is 0 Å². The maximum Gasteiger partial charge on any atom is 0.261 e. The molecule has 1 aromatic rings. The Hall–Kier alpha value is -1.88. The van der Waals surface area contributed by atoms with Crippen LogP contribution in [0.25, 0.3) is 0 Å². The Kier molecular flexibility index (Phi) is 4.39. The van der Waals surface area contributed by atoms with Crippen molar-refractivity contribution in [2.45, 2.75) is 13.8 Å². The van der Waals surface area contributed by atoms with E-state index in [1.54, 1.807) is 12.1 Å². The van der Waals surface area contributed by atoms with Gasteiger partial charge in [-0.05, 0) is 24.1 Å². The molecule has 5 nitrogen and oxygen atoms in total. The van der Waals surface area contributed by atoms with Gasteiger partial charge in [0.1, 0.15) is 0 Å². The molecule has 0 aromatic heterocycles. The minimum absolute atomic E-state index is 0.239. The van der Waals surface area contributed by atoms with Crippen LogP contribution in [0.4, 0.5) is 5.69 Å². The van der Waals surface area contributed by atoms with Crippen LogP contribution in [-0.4, -0.2) is 43.5 Å². The first-order valence-electron chi connectivity index (χ1n) is 6.78. The van der Waals surface area contributed by atoms with E-state index in [2.05, 4.69) is 19.2 Å². The normalized spacial score (nSPS) is 14.1. The molecule has 0 bridgehead atoms. The first-order valence-corrected chi connectivity index (χ1v) is 6.78. The smallest absolute Gasteiger partial charge is 0.261 e. The van der Waals surface area contributed by atoms with Crippen molar-refractivity contribution in [1.29, 1.82) is 0 Å². The molecule has 1 aliphatic rings. The fourth-order valence-corrected chi connectivity index (χ4v) is 2.06. The second-order valence-corrected chi connectivity index (χ2v) is 5.33. The van der Waals surface area contributed by atoms with Gasteiger partial charge < -0.3 is 10.1 Å². The summed E-state index contributed by atoms with van der Waals surface area (Å²) in [7, 11) is 1.50. The highest BCUT2D eigenvalue weighted by Crippen LogP contribution is 2.24. The number of rotatable bonds is 6. The number of nitrogens with one attached hydrogen (secondary N) is 1. The Morgan fingerprint density at radius 2 is 1.90 bits per heavy atom. The van der Waals surface area contributed by atoms with E-state index >= 15 is 0 Å². The number of carbonyl (C=O) groups excluding carboxylic acids is 2. The summed E-state index contributed by atoms with van der Waals surface area (Å²) >= 11 is 0. The zero-order valence-corrected chi connectivity index (χ0v) is 12.1. The van der Waals surface area contributed by atoms with Gasteiger partial charge in [-0.25, -0.2) is 0 Å². The highest BCUT2D eigenvalue weighted by atomic mass is 16.5. The number of hydrogen-bond acceptors (Lipinski definition) is 4. The van der Waals surface area contributed by atoms with Crippen molar-refractivity contribution in [3.05, 3.63) is 29.3 Å². The molecule has 0 saturated heterocycles. The first-order chi connectivity index (χ1) is 9.50. The van der Waals surface area contributed by atoms with Crippen LogP contribution in [0.3, 0.4) is 0 Å². The zero-order valence-electron chi connectivity index (χ0n) is 12.1. The van der Waals surface area contributed by atoms with Crippen LogP contribution in [0, 0.1) is 5.92 Å². The Bertz CT molecular complexity index is 526. The molecule has 0 fully saturated rings. The van der Waals surface area contributed by atoms with Gasteiger partial charge in [0.25, 0.3) is 11.8 Å². The lowest BCUT2D eigenvalue weighted by molar-refractivity contribution is 0.0693. The quantitative estimate of drug-likeness (QED) is 0.637. The van der Waals surface area contributed by atoms with Gasteiger partial charge in [0.2, 0.25) is 0 Å². The maximum atomic E-state index is 11.9. The van der Waals surface area contributed by atoms with Crippen molar-refractivity contribution in [1.82, 2.24) is 4.90 Å². The molecule has 0 aliphatic carbocycles. The number of imide groups is 1. The molecule has 2 rings (SSSR count). The molecule has 2 amide bonds. The van der Waals surface area contributed by atoms with Crippen molar-refractivity contribution >= 4 is 17.5 Å². The second-order valence-electron chi connectivity index (χ2n) is 5.33. The van der Waals surface area contributed by atoms with Crippen LogP contribution in [0.15, 0.2) is 18.2 Å². The third-order valence-corrected chi connectivity index (χ3v) is 3.12. The number of ether oxygens (including phenoxy) is 1. The van der Waals surface area contributed by atoms with Crippen LogP contribution in [0.1, 0.15) is 34.6 Å². The molecular formula is C15H20N2O3. The van der Waals surface area contributed by atoms with E-state index in [1.807, 2.05) is 6.07 Å². The fraction of sp³-hybridized carbons (Fsp3) is 0.467. The summed E-state index contributed by atoms with van der Waals surface area (Å²) in [5.41, 5.74) is 1.76. The SMILES string of the molecule is CC(C)COCCNc1ccc2c(c1)C(=O)N(C)C2=O. The molecule has 5 heteroatoms. The van der Waals surface area contributed by atoms with Crippen LogP contribution in [0.2, 0.25) is 0 Å². The van der Waals surface area contributed by atoms with Gasteiger partial charge in [0.05, 0.1) is 17.7 Å². The lowest BCUT2D eigenvalue weighted by Gasteiger charge is -2.09. The van der Waals surface area contributed by atoms with Gasteiger partial charge in [-0.3, -0.25) is 14.5 Å². The van der Waals surface area contributed by atoms with Gasteiger partial charge in [0.15, 0.2) is 0 Å². The average molecular weight is 276 g/mol. The van der Waals surface area contributed by atoms with Crippen LogP contribution < -0.4 is 5.32 Å². The Morgan fingerprint density at radius 3 is 2.60 bits per heavy atom. The van der Waals surface area contributed by atoms with Crippen molar-refractivity contribution in [3.63, 3.8) is 0 Å². The molecule has 0 spiro atoms. The minimum Gasteiger partial charge on any atom is -0.383 e. The summed E-state index contributed by atoms with van der Waals surface area (Å²) in [6, 6.07) is 5.23. The fourth-order valence-electron chi connectivity index (χ4n) is 2.06. The largest absolute Gasteiger partial charge is 0.383 e. The number of amides is 2. The molecule has 1 aliphatic heterocycles. The summed E-state index contributed by atoms with van der Waals surface area (Å²) < 4.78 is 5.47. The predicted octanol–water partition coefficient (Wildman–Crippen LogP) is 2.00. The monoisotopic (exact) mass is 276 g/mol. The van der Waals surface area contributed by atoms with Crippen LogP contribution in [-0.2, 0) is 4.74 Å². The Labute approximate surface area is 118 Å². The van der Waals surface area contributed by atoms with E-state index < -0.39 is 0 Å². The van der Waals surface area contributed by atoms with E-state index in [4.69, 9.17) is 4.74 Å². The molecule has 1 N–H and O–H groups in total. The van der Waals surface area contributed by atoms with Crippen LogP contribution >= 0.6 is 0 Å². The summed E-state index contributed by atoms with van der Waals surface area (Å²) in [4.78, 5) is 24.7. The molecular weight excluding hydrogens is 256 g/mol. The van der Waals surface area contributed by atoms with E-state index in [1.165, 1.54) is 7.05 Å². The summed E-state index contributed by atoms with van der Waals surface area (Å²) in [6.07, 6.45) is 0. The molecule has 0 unspecified atom stereocenters. The molecule has 0 radical (unpaired) electrons. The van der Waals surface area contributed by atoms with E-state index in [-0.39, 0.29) is 11.8 Å². The van der Waals surface area contributed by atoms with Gasteiger partial charge >= 0.3 is 0 Å². The molecule has 1 aromatic carbocycles. The minimum atomic E-state index is -0.246. The van der Waals surface area contributed by atoms with Gasteiger partial charge in [0, 0.05) is 25.9 Å². The average Bonchev–Trinajstić information content (AvgIpc) is 2.63. The maximum absolute atomic E-state index is 11.9. The number of hydrogen-bond donors (Lipinski definition) is 1. The highest BCUT2D eigenvalue weighted by Gasteiger charge is 2.32. The number of carbonyl (C=O) groups is 2. The molecule has 20 heavy (non-hydrogen) atoms. The number of fused-ring (bicyclic) bond motifs is 1. The predicted molar refractivity (Wildman–Crippen MR) is 77.0 cm³/mol. The standard InChI is InChI=1S/C15H20N2O3/c1-10(2)9-20-7-6-16-11-4-5-12-13(8-11)15(19)17(3)14(12)18/h4-5,8,10,16H,6-7,9H2,1-3H3. The first kappa shape index (κ1) is 14.5. The van der Waals surface area contributed by atoms with E-state index in [0.717, 1.165) is 17.2 Å². The lowest BCUT2D eigenvalue weighted by atomic mass is 10.1. The Balaban J connectivity index is 1.93. The number of nitrogens with zero attached hydrogens (tertiary/aromatic N) is 1. The topological polar surface area (TPSA) is 58.6 Å². The summed E-state index contributed by atoms with van der Waals surface area (Å²) in [5, 5.41) is 3.19. The van der Waals surface area contributed by atoms with Crippen molar-refractivity contribution < 1.29 is 14.3 Å². The summed E-state index contributed by atoms with van der Waals surface area (Å²) in [6.45, 7) is 6.23. The highest BCUT2D eigenvalue weighted by molar-refractivity contribution is 6.21. The van der Waals surface area contributed by atoms with Gasteiger partial charge in [-0.1, -0.05) is 13.8 Å². The zero-order chi connectivity index (χ0) is 14.7. The molecule has 108 valence electrons. The molecule has 0 atom stereocenters. The van der Waals surface area contributed by atoms with Crippen molar-refractivity contribution in [2.75, 3.05) is 32.1 Å². The van der Waals surface area contributed by atoms with Gasteiger partial charge in [-0.15, -0.1) is 0 Å². The van der Waals surface area contributed by atoms with E-state index in [9.17, 15) is 9.59 Å². The van der Waals surface area contributed by atoms with E-state index in [0.29, 0.717) is 30.2 Å². The third kappa shape index (κ3) is 2.99. The molecule has 0 saturated carbocycles. The van der Waals surface area contributed by atoms with Crippen molar-refractivity contribution in [2.24, 2.45) is 5.92 Å². The van der Waals surface area contributed by atoms with Crippen LogP contribution in [0.5, 0.6) is 0 Å². The Morgan fingerprint density at radius 1 is 1.20 bits per heavy atom. The third-order valence-electron chi connectivity index (χ3n) is 3.12. The second kappa shape index (κ2) is 6.05. The molecule has 1 heterocycles.